The molecule has 2 aliphatic carbocycles. The second-order valence-corrected chi connectivity index (χ2v) is 10.1. The quantitative estimate of drug-likeness (QED) is 0.648. The summed E-state index contributed by atoms with van der Waals surface area (Å²) in [5.74, 6) is 2.91. The number of carbonyl (C=O) groups excluding carboxylic acids is 1. The maximum atomic E-state index is 12.3. The maximum Gasteiger partial charge on any atom is 0.314 e. The van der Waals surface area contributed by atoms with Crippen LogP contribution in [0.1, 0.15) is 63.0 Å². The summed E-state index contributed by atoms with van der Waals surface area (Å²) in [6.45, 7) is 4.84. The summed E-state index contributed by atoms with van der Waals surface area (Å²) in [7, 11) is 0. The van der Waals surface area contributed by atoms with E-state index in [-0.39, 0.29) is 5.92 Å². The number of carbonyl (C=O) groups is 1. The number of nitrogens with zero attached hydrogens (tertiary/aromatic N) is 3. The second kappa shape index (κ2) is 10.7. The van der Waals surface area contributed by atoms with Gasteiger partial charge in [0.05, 0.1) is 18.6 Å². The fraction of sp³-hybridized carbons (Fsp3) is 0.536. The Labute approximate surface area is 202 Å². The van der Waals surface area contributed by atoms with E-state index in [1.54, 1.807) is 0 Å². The maximum absolute atomic E-state index is 12.3. The molecule has 1 atom stereocenters. The van der Waals surface area contributed by atoms with Gasteiger partial charge < -0.3 is 9.64 Å². The van der Waals surface area contributed by atoms with Gasteiger partial charge in [0, 0.05) is 38.3 Å². The fourth-order valence-electron chi connectivity index (χ4n) is 4.96. The second-order valence-electron chi connectivity index (χ2n) is 10.1. The lowest BCUT2D eigenvalue weighted by atomic mass is 9.86. The Hall–Kier alpha value is -2.73. The smallest absolute Gasteiger partial charge is 0.314 e. The Bertz CT molecular complexity index is 990. The van der Waals surface area contributed by atoms with Gasteiger partial charge in [-0.05, 0) is 73.3 Å². The monoisotopic (exact) mass is 461 g/mol. The topological polar surface area (TPSA) is 71.9 Å². The standard InChI is InChI=1S/C28H36N4O2/c1-2-20-17-29-28(30-18-20)32-15-13-21(14-16-32)19-34-26-11-7-23(8-12-26)22-3-5-24(6-4-22)27(33)31-25-9-10-25/h3,7-8,11-12,17-18,21,24-25H,2,4-6,9-10,13-16,19H2,1H3,(H,31,33)/p+1. The molecule has 1 aromatic carbocycles. The van der Waals surface area contributed by atoms with Crippen LogP contribution in [0.4, 0.5) is 5.95 Å². The molecule has 1 saturated carbocycles. The highest BCUT2D eigenvalue weighted by Crippen LogP contribution is 2.31. The van der Waals surface area contributed by atoms with Crippen molar-refractivity contribution in [3.63, 3.8) is 0 Å². The summed E-state index contributed by atoms with van der Waals surface area (Å²) >= 11 is 0. The molecular weight excluding hydrogens is 424 g/mol. The summed E-state index contributed by atoms with van der Waals surface area (Å²) in [5, 5.41) is 1.98. The van der Waals surface area contributed by atoms with E-state index >= 15 is 0 Å². The highest BCUT2D eigenvalue weighted by atomic mass is 16.5. The number of amides is 1. The van der Waals surface area contributed by atoms with Crippen molar-refractivity contribution in [2.45, 2.75) is 64.3 Å². The molecule has 34 heavy (non-hydrogen) atoms. The summed E-state index contributed by atoms with van der Waals surface area (Å²) in [4.78, 5) is 23.7. The normalized spacial score (nSPS) is 21.3. The van der Waals surface area contributed by atoms with E-state index in [1.165, 1.54) is 29.5 Å². The summed E-state index contributed by atoms with van der Waals surface area (Å²) in [6.07, 6.45) is 14.6. The van der Waals surface area contributed by atoms with E-state index in [9.17, 15) is 4.79 Å². The van der Waals surface area contributed by atoms with Gasteiger partial charge in [-0.1, -0.05) is 25.1 Å². The number of primary amides is 1. The average molecular weight is 462 g/mol. The van der Waals surface area contributed by atoms with Crippen LogP contribution < -0.4 is 15.0 Å². The first-order chi connectivity index (χ1) is 16.7. The van der Waals surface area contributed by atoms with E-state index in [0.29, 0.717) is 17.9 Å². The number of ether oxygens (including phenoxy) is 1. The third-order valence-corrected chi connectivity index (χ3v) is 7.54. The first kappa shape index (κ1) is 23.0. The predicted molar refractivity (Wildman–Crippen MR) is 134 cm³/mol. The Morgan fingerprint density at radius 3 is 2.41 bits per heavy atom. The predicted octanol–water partition coefficient (Wildman–Crippen LogP) is 3.77. The zero-order chi connectivity index (χ0) is 23.3. The number of rotatable bonds is 8. The van der Waals surface area contributed by atoms with Crippen molar-refractivity contribution in [1.29, 1.82) is 0 Å². The molecule has 1 aliphatic heterocycles. The van der Waals surface area contributed by atoms with Gasteiger partial charge in [0.15, 0.2) is 0 Å². The van der Waals surface area contributed by atoms with Crippen LogP contribution in [0, 0.1) is 11.8 Å². The van der Waals surface area contributed by atoms with Gasteiger partial charge in [0.2, 0.25) is 5.95 Å². The Morgan fingerprint density at radius 2 is 1.79 bits per heavy atom. The first-order valence-electron chi connectivity index (χ1n) is 13.0. The summed E-state index contributed by atoms with van der Waals surface area (Å²) < 4.78 is 6.13. The van der Waals surface area contributed by atoms with Crippen LogP contribution in [-0.2, 0) is 11.2 Å². The van der Waals surface area contributed by atoms with Gasteiger partial charge >= 0.3 is 5.91 Å². The number of allylic oxidation sites excluding steroid dienone is 2. The highest BCUT2D eigenvalue weighted by Gasteiger charge is 2.33. The van der Waals surface area contributed by atoms with Crippen LogP contribution >= 0.6 is 0 Å². The minimum atomic E-state index is 0.195. The molecule has 0 radical (unpaired) electrons. The number of hydrogen-bond donors (Lipinski definition) is 1. The van der Waals surface area contributed by atoms with Crippen molar-refractivity contribution in [2.75, 3.05) is 24.6 Å². The minimum absolute atomic E-state index is 0.195. The van der Waals surface area contributed by atoms with E-state index < -0.39 is 0 Å². The number of benzene rings is 1. The number of piperidine rings is 1. The molecule has 1 aromatic heterocycles. The van der Waals surface area contributed by atoms with Crippen molar-refractivity contribution in [3.05, 3.63) is 53.9 Å². The minimum Gasteiger partial charge on any atom is -0.493 e. The number of nitrogens with two attached hydrogens (primary N) is 1. The van der Waals surface area contributed by atoms with Crippen LogP contribution in [0.3, 0.4) is 0 Å². The molecular formula is C28H37N4O2+. The lowest BCUT2D eigenvalue weighted by Crippen LogP contribution is -2.91. The molecule has 2 fully saturated rings. The number of anilines is 1. The SMILES string of the molecule is CCc1cnc(N2CCC(COc3ccc(C4=CCC(C(=O)[NH2+]C5CC5)CC4)cc3)CC2)nc1. The number of quaternary nitrogens is 1. The van der Waals surface area contributed by atoms with E-state index in [2.05, 4.69) is 52.1 Å². The van der Waals surface area contributed by atoms with Crippen molar-refractivity contribution >= 4 is 17.4 Å². The van der Waals surface area contributed by atoms with Gasteiger partial charge in [-0.2, -0.15) is 0 Å². The van der Waals surface area contributed by atoms with E-state index in [0.717, 1.165) is 69.9 Å². The van der Waals surface area contributed by atoms with Gasteiger partial charge in [-0.25, -0.2) is 14.8 Å². The van der Waals surface area contributed by atoms with Gasteiger partial charge in [-0.15, -0.1) is 0 Å². The lowest BCUT2D eigenvalue weighted by Gasteiger charge is -2.31. The van der Waals surface area contributed by atoms with Crippen LogP contribution in [0.25, 0.3) is 5.57 Å². The summed E-state index contributed by atoms with van der Waals surface area (Å²) in [5.41, 5.74) is 3.80. The number of aromatic nitrogens is 2. The first-order valence-corrected chi connectivity index (χ1v) is 13.0. The Morgan fingerprint density at radius 1 is 1.06 bits per heavy atom. The third-order valence-electron chi connectivity index (χ3n) is 7.54. The molecule has 5 rings (SSSR count). The van der Waals surface area contributed by atoms with Gasteiger partial charge in [0.25, 0.3) is 0 Å². The fourth-order valence-corrected chi connectivity index (χ4v) is 4.96. The Kier molecular flexibility index (Phi) is 7.24. The molecule has 6 heteroatoms. The zero-order valence-corrected chi connectivity index (χ0v) is 20.3. The van der Waals surface area contributed by atoms with Crippen molar-refractivity contribution in [3.8, 4) is 5.75 Å². The molecule has 1 amide bonds. The highest BCUT2D eigenvalue weighted by molar-refractivity contribution is 5.73. The number of hydrogen-bond acceptors (Lipinski definition) is 5. The molecule has 0 spiro atoms. The molecule has 2 heterocycles. The van der Waals surface area contributed by atoms with Gasteiger partial charge in [0.1, 0.15) is 5.75 Å². The van der Waals surface area contributed by atoms with Gasteiger partial charge in [-0.3, -0.25) is 5.32 Å². The number of aryl methyl sites for hydroxylation is 1. The third kappa shape index (κ3) is 5.84. The lowest BCUT2D eigenvalue weighted by molar-refractivity contribution is -0.585. The molecule has 3 aliphatic rings. The van der Waals surface area contributed by atoms with Crippen LogP contribution in [0.2, 0.25) is 0 Å². The van der Waals surface area contributed by atoms with Crippen molar-refractivity contribution in [1.82, 2.24) is 9.97 Å². The molecule has 2 N–H and O–H groups in total. The van der Waals surface area contributed by atoms with Crippen molar-refractivity contribution in [2.24, 2.45) is 11.8 Å². The molecule has 2 aromatic rings. The van der Waals surface area contributed by atoms with Crippen LogP contribution in [0.15, 0.2) is 42.7 Å². The summed E-state index contributed by atoms with van der Waals surface area (Å²) in [6, 6.07) is 9.09. The molecule has 0 bridgehead atoms. The average Bonchev–Trinajstić information content (AvgIpc) is 3.72. The van der Waals surface area contributed by atoms with E-state index in [4.69, 9.17) is 4.74 Å². The Balaban J connectivity index is 1.06. The van der Waals surface area contributed by atoms with Crippen LogP contribution in [0.5, 0.6) is 5.75 Å². The largest absolute Gasteiger partial charge is 0.493 e. The molecule has 1 saturated heterocycles. The zero-order valence-electron chi connectivity index (χ0n) is 20.3. The van der Waals surface area contributed by atoms with Crippen molar-refractivity contribution < 1.29 is 14.8 Å². The molecule has 1 unspecified atom stereocenters. The van der Waals surface area contributed by atoms with E-state index in [1.807, 2.05) is 17.7 Å². The van der Waals surface area contributed by atoms with Crippen LogP contribution in [-0.4, -0.2) is 41.6 Å². The molecule has 180 valence electrons. The molecule has 6 nitrogen and oxygen atoms in total.